The number of hydrogen-bond acceptors (Lipinski definition) is 2. The number of methoxy groups -OCH3 is 1. The van der Waals surface area contributed by atoms with Crippen LogP contribution in [0.1, 0.15) is 21.5 Å². The van der Waals surface area contributed by atoms with E-state index in [1.807, 2.05) is 12.1 Å². The Morgan fingerprint density at radius 2 is 1.86 bits per heavy atom. The van der Waals surface area contributed by atoms with Gasteiger partial charge in [0.05, 0.1) is 7.11 Å². The Labute approximate surface area is 122 Å². The third-order valence-corrected chi connectivity index (χ3v) is 3.80. The smallest absolute Gasteiger partial charge is 0.251 e. The van der Waals surface area contributed by atoms with Gasteiger partial charge in [0.15, 0.2) is 11.6 Å². The number of rotatable bonds is 3. The number of amides is 1. The topological polar surface area (TPSA) is 38.3 Å². The van der Waals surface area contributed by atoms with Crippen LogP contribution >= 0.6 is 0 Å². The van der Waals surface area contributed by atoms with Crippen LogP contribution in [-0.4, -0.2) is 19.1 Å². The first-order chi connectivity index (χ1) is 10.2. The standard InChI is InChI=1S/C17H16FNO2/c1-21-16-7-6-13(10-15(16)18)17(20)19-14-8-11-4-2-3-5-12(11)9-14/h2-7,10,14H,8-9H2,1H3,(H,19,20). The Morgan fingerprint density at radius 3 is 2.43 bits per heavy atom. The SMILES string of the molecule is COc1ccc(C(=O)NC2Cc3ccccc3C2)cc1F. The molecule has 0 aromatic heterocycles. The largest absolute Gasteiger partial charge is 0.494 e. The van der Waals surface area contributed by atoms with Crippen molar-refractivity contribution >= 4 is 5.91 Å². The zero-order valence-corrected chi connectivity index (χ0v) is 11.7. The van der Waals surface area contributed by atoms with Gasteiger partial charge in [-0.15, -0.1) is 0 Å². The molecular weight excluding hydrogens is 269 g/mol. The molecule has 0 bridgehead atoms. The van der Waals surface area contributed by atoms with Gasteiger partial charge in [-0.3, -0.25) is 4.79 Å². The molecule has 2 aromatic carbocycles. The molecule has 0 saturated carbocycles. The molecule has 1 amide bonds. The van der Waals surface area contributed by atoms with Crippen LogP contribution in [-0.2, 0) is 12.8 Å². The number of carbonyl (C=O) groups excluding carboxylic acids is 1. The number of halogens is 1. The monoisotopic (exact) mass is 285 g/mol. The first kappa shape index (κ1) is 13.6. The first-order valence-corrected chi connectivity index (χ1v) is 6.88. The van der Waals surface area contributed by atoms with Gasteiger partial charge < -0.3 is 10.1 Å². The van der Waals surface area contributed by atoms with Crippen molar-refractivity contribution in [2.45, 2.75) is 18.9 Å². The molecule has 0 aliphatic heterocycles. The number of ether oxygens (including phenoxy) is 1. The molecule has 3 nitrogen and oxygen atoms in total. The maximum Gasteiger partial charge on any atom is 0.251 e. The van der Waals surface area contributed by atoms with Gasteiger partial charge in [-0.05, 0) is 42.2 Å². The molecule has 108 valence electrons. The van der Waals surface area contributed by atoms with Crippen molar-refractivity contribution in [1.82, 2.24) is 5.32 Å². The minimum atomic E-state index is -0.528. The average molecular weight is 285 g/mol. The molecular formula is C17H16FNO2. The van der Waals surface area contributed by atoms with Crippen molar-refractivity contribution in [3.05, 3.63) is 65.0 Å². The molecule has 0 spiro atoms. The zero-order valence-electron chi connectivity index (χ0n) is 11.7. The lowest BCUT2D eigenvalue weighted by molar-refractivity contribution is 0.0938. The summed E-state index contributed by atoms with van der Waals surface area (Å²) in [5.74, 6) is -0.644. The lowest BCUT2D eigenvalue weighted by Crippen LogP contribution is -2.35. The summed E-state index contributed by atoms with van der Waals surface area (Å²) in [6, 6.07) is 12.5. The predicted molar refractivity (Wildman–Crippen MR) is 78.1 cm³/mol. The quantitative estimate of drug-likeness (QED) is 0.941. The number of benzene rings is 2. The van der Waals surface area contributed by atoms with Crippen molar-refractivity contribution < 1.29 is 13.9 Å². The van der Waals surface area contributed by atoms with E-state index in [0.717, 1.165) is 12.8 Å². The molecule has 0 fully saturated rings. The molecule has 3 rings (SSSR count). The Hall–Kier alpha value is -2.36. The van der Waals surface area contributed by atoms with Crippen molar-refractivity contribution in [1.29, 1.82) is 0 Å². The highest BCUT2D eigenvalue weighted by Gasteiger charge is 2.23. The van der Waals surface area contributed by atoms with Gasteiger partial charge >= 0.3 is 0 Å². The highest BCUT2D eigenvalue weighted by atomic mass is 19.1. The van der Waals surface area contributed by atoms with Crippen molar-refractivity contribution in [3.63, 3.8) is 0 Å². The van der Waals surface area contributed by atoms with Crippen LogP contribution < -0.4 is 10.1 Å². The fraction of sp³-hybridized carbons (Fsp3) is 0.235. The molecule has 4 heteroatoms. The Bertz CT molecular complexity index is 659. The summed E-state index contributed by atoms with van der Waals surface area (Å²) >= 11 is 0. The zero-order chi connectivity index (χ0) is 14.8. The lowest BCUT2D eigenvalue weighted by atomic mass is 10.1. The summed E-state index contributed by atoms with van der Waals surface area (Å²) in [7, 11) is 1.40. The van der Waals surface area contributed by atoms with Crippen LogP contribution in [0.25, 0.3) is 0 Å². The molecule has 0 unspecified atom stereocenters. The Morgan fingerprint density at radius 1 is 1.19 bits per heavy atom. The molecule has 0 atom stereocenters. The second-order valence-electron chi connectivity index (χ2n) is 5.20. The molecule has 0 heterocycles. The van der Waals surface area contributed by atoms with E-state index in [0.29, 0.717) is 5.56 Å². The number of nitrogens with one attached hydrogen (secondary N) is 1. The van der Waals surface area contributed by atoms with Gasteiger partial charge in [-0.25, -0.2) is 4.39 Å². The van der Waals surface area contributed by atoms with E-state index in [4.69, 9.17) is 4.74 Å². The summed E-state index contributed by atoms with van der Waals surface area (Å²) in [6.07, 6.45) is 1.64. The third kappa shape index (κ3) is 2.75. The van der Waals surface area contributed by atoms with Crippen molar-refractivity contribution in [2.75, 3.05) is 7.11 Å². The summed E-state index contributed by atoms with van der Waals surface area (Å²) in [5, 5.41) is 2.96. The Kier molecular flexibility index (Phi) is 3.60. The molecule has 0 radical (unpaired) electrons. The Balaban J connectivity index is 1.69. The highest BCUT2D eigenvalue weighted by molar-refractivity contribution is 5.94. The van der Waals surface area contributed by atoms with Crippen molar-refractivity contribution in [3.8, 4) is 5.75 Å². The first-order valence-electron chi connectivity index (χ1n) is 6.88. The minimum absolute atomic E-state index is 0.0695. The van der Waals surface area contributed by atoms with Gasteiger partial charge in [0.25, 0.3) is 5.91 Å². The van der Waals surface area contributed by atoms with Gasteiger partial charge in [0.2, 0.25) is 0 Å². The van der Waals surface area contributed by atoms with Gasteiger partial charge in [0.1, 0.15) is 0 Å². The van der Waals surface area contributed by atoms with Gasteiger partial charge in [-0.2, -0.15) is 0 Å². The second kappa shape index (κ2) is 5.56. The van der Waals surface area contributed by atoms with E-state index in [9.17, 15) is 9.18 Å². The normalized spacial score (nSPS) is 13.8. The van der Waals surface area contributed by atoms with Crippen LogP contribution in [0.4, 0.5) is 4.39 Å². The molecule has 1 aliphatic rings. The number of fused-ring (bicyclic) bond motifs is 1. The highest BCUT2D eigenvalue weighted by Crippen LogP contribution is 2.22. The average Bonchev–Trinajstić information content (AvgIpc) is 2.89. The molecule has 1 N–H and O–H groups in total. The van der Waals surface area contributed by atoms with Crippen LogP contribution in [0.3, 0.4) is 0 Å². The fourth-order valence-corrected chi connectivity index (χ4v) is 2.74. The van der Waals surface area contributed by atoms with E-state index in [1.165, 1.54) is 30.4 Å². The van der Waals surface area contributed by atoms with Crippen LogP contribution in [0.2, 0.25) is 0 Å². The summed E-state index contributed by atoms with van der Waals surface area (Å²) < 4.78 is 18.5. The molecule has 1 aliphatic carbocycles. The maximum atomic E-state index is 13.6. The van der Waals surface area contributed by atoms with E-state index in [1.54, 1.807) is 6.07 Å². The predicted octanol–water partition coefficient (Wildman–Crippen LogP) is 2.73. The van der Waals surface area contributed by atoms with E-state index in [-0.39, 0.29) is 17.7 Å². The summed E-state index contributed by atoms with van der Waals surface area (Å²) in [4.78, 5) is 12.2. The fourth-order valence-electron chi connectivity index (χ4n) is 2.74. The molecule has 2 aromatic rings. The van der Waals surface area contributed by atoms with E-state index in [2.05, 4.69) is 17.4 Å². The van der Waals surface area contributed by atoms with Crippen LogP contribution in [0.15, 0.2) is 42.5 Å². The van der Waals surface area contributed by atoms with Gasteiger partial charge in [0, 0.05) is 11.6 Å². The third-order valence-electron chi connectivity index (χ3n) is 3.80. The summed E-state index contributed by atoms with van der Waals surface area (Å²) in [5.41, 5.74) is 2.84. The minimum Gasteiger partial charge on any atom is -0.494 e. The van der Waals surface area contributed by atoms with E-state index >= 15 is 0 Å². The number of hydrogen-bond donors (Lipinski definition) is 1. The van der Waals surface area contributed by atoms with Crippen LogP contribution in [0.5, 0.6) is 5.75 Å². The number of carbonyl (C=O) groups is 1. The van der Waals surface area contributed by atoms with Crippen molar-refractivity contribution in [2.24, 2.45) is 0 Å². The maximum absolute atomic E-state index is 13.6. The molecule has 0 saturated heterocycles. The van der Waals surface area contributed by atoms with E-state index < -0.39 is 5.82 Å². The second-order valence-corrected chi connectivity index (χ2v) is 5.20. The lowest BCUT2D eigenvalue weighted by Gasteiger charge is -2.12. The van der Waals surface area contributed by atoms with Crippen LogP contribution in [0, 0.1) is 5.82 Å². The summed E-state index contributed by atoms with van der Waals surface area (Å²) in [6.45, 7) is 0. The van der Waals surface area contributed by atoms with Gasteiger partial charge in [-0.1, -0.05) is 24.3 Å². The molecule has 21 heavy (non-hydrogen) atoms.